The van der Waals surface area contributed by atoms with Crippen LogP contribution in [0.25, 0.3) is 82.8 Å². The van der Waals surface area contributed by atoms with Gasteiger partial charge in [-0.05, 0) is 86.8 Å². The van der Waals surface area contributed by atoms with Gasteiger partial charge in [0.25, 0.3) is 0 Å². The molecule has 0 spiro atoms. The van der Waals surface area contributed by atoms with Gasteiger partial charge in [-0.15, -0.1) is 0 Å². The molecule has 0 fully saturated rings. The first-order valence-electron chi connectivity index (χ1n) is 20.6. The monoisotopic (exact) mass is 764 g/mol. The van der Waals surface area contributed by atoms with Crippen LogP contribution in [0, 0.1) is 0 Å². The number of hydrogen-bond acceptors (Lipinski definition) is 1. The van der Waals surface area contributed by atoms with Gasteiger partial charge in [0, 0.05) is 33.1 Å². The summed E-state index contributed by atoms with van der Waals surface area (Å²) in [6.45, 7) is 0. The molecule has 10 aromatic carbocycles. The molecule has 0 bridgehead atoms. The van der Waals surface area contributed by atoms with Crippen molar-refractivity contribution in [3.8, 4) is 50.2 Å². The Morgan fingerprint density at radius 3 is 1.52 bits per heavy atom. The lowest BCUT2D eigenvalue weighted by Crippen LogP contribution is -2.12. The standard InChI is InChI=1S/C58H40N2/c1-5-20-41(21-6-1)46-28-13-14-31-50(46)52-33-19-35-56-58(52)53-37-36-45(40-57(53)59(56)44-26-11-4-12-27-44)60(54-34-18-17-29-48(54)43-24-9-3-10-25-43)55-39-38-47(42-22-7-2-8-23-42)49-30-15-16-32-51(49)55/h1-40H. The van der Waals surface area contributed by atoms with Crippen LogP contribution in [0.5, 0.6) is 0 Å². The van der Waals surface area contributed by atoms with Crippen LogP contribution in [0.4, 0.5) is 17.1 Å². The van der Waals surface area contributed by atoms with Gasteiger partial charge in [-0.1, -0.05) is 200 Å². The van der Waals surface area contributed by atoms with E-state index in [9.17, 15) is 0 Å². The molecule has 11 aromatic rings. The van der Waals surface area contributed by atoms with Crippen molar-refractivity contribution < 1.29 is 0 Å². The molecule has 0 atom stereocenters. The SMILES string of the molecule is c1ccc(-c2ccccc2-c2cccc3c2c2ccc(N(c4ccccc4-c4ccccc4)c4ccc(-c5ccccc5)c5ccccc45)cc2n3-c2ccccc2)cc1. The van der Waals surface area contributed by atoms with Gasteiger partial charge in [0.05, 0.1) is 22.4 Å². The lowest BCUT2D eigenvalue weighted by molar-refractivity contribution is 1.18. The highest BCUT2D eigenvalue weighted by Gasteiger charge is 2.23. The van der Waals surface area contributed by atoms with E-state index in [4.69, 9.17) is 0 Å². The summed E-state index contributed by atoms with van der Waals surface area (Å²) >= 11 is 0. The van der Waals surface area contributed by atoms with Crippen molar-refractivity contribution in [2.45, 2.75) is 0 Å². The summed E-state index contributed by atoms with van der Waals surface area (Å²) in [5, 5.41) is 4.84. The molecule has 0 saturated carbocycles. The van der Waals surface area contributed by atoms with Crippen molar-refractivity contribution in [3.05, 3.63) is 243 Å². The van der Waals surface area contributed by atoms with Crippen molar-refractivity contribution in [2.75, 3.05) is 4.90 Å². The van der Waals surface area contributed by atoms with Crippen LogP contribution in [0.1, 0.15) is 0 Å². The zero-order valence-corrected chi connectivity index (χ0v) is 33.0. The Morgan fingerprint density at radius 2 is 0.817 bits per heavy atom. The van der Waals surface area contributed by atoms with Gasteiger partial charge in [-0.2, -0.15) is 0 Å². The highest BCUT2D eigenvalue weighted by atomic mass is 15.1. The Balaban J connectivity index is 1.21. The average Bonchev–Trinajstić information content (AvgIpc) is 3.67. The highest BCUT2D eigenvalue weighted by molar-refractivity contribution is 6.18. The molecule has 0 unspecified atom stereocenters. The number of aromatic nitrogens is 1. The van der Waals surface area contributed by atoms with Gasteiger partial charge in [-0.3, -0.25) is 0 Å². The third kappa shape index (κ3) is 6.06. The van der Waals surface area contributed by atoms with E-state index >= 15 is 0 Å². The maximum absolute atomic E-state index is 2.47. The minimum absolute atomic E-state index is 1.08. The molecule has 11 rings (SSSR count). The summed E-state index contributed by atoms with van der Waals surface area (Å²) < 4.78 is 2.45. The second-order valence-corrected chi connectivity index (χ2v) is 15.2. The number of rotatable bonds is 8. The van der Waals surface area contributed by atoms with Crippen molar-refractivity contribution in [3.63, 3.8) is 0 Å². The molecule has 2 nitrogen and oxygen atoms in total. The van der Waals surface area contributed by atoms with Crippen molar-refractivity contribution in [2.24, 2.45) is 0 Å². The van der Waals surface area contributed by atoms with E-state index in [1.54, 1.807) is 0 Å². The van der Waals surface area contributed by atoms with Crippen LogP contribution >= 0.6 is 0 Å². The fourth-order valence-electron chi connectivity index (χ4n) is 9.15. The molecule has 0 radical (unpaired) electrons. The topological polar surface area (TPSA) is 8.17 Å². The van der Waals surface area contributed by atoms with Crippen LogP contribution in [-0.4, -0.2) is 4.57 Å². The fourth-order valence-corrected chi connectivity index (χ4v) is 9.15. The molecule has 60 heavy (non-hydrogen) atoms. The Kier molecular flexibility index (Phi) is 8.87. The zero-order chi connectivity index (χ0) is 39.8. The first-order valence-corrected chi connectivity index (χ1v) is 20.6. The first-order chi connectivity index (χ1) is 29.8. The molecule has 2 heteroatoms. The molecule has 0 aliphatic rings. The largest absolute Gasteiger partial charge is 0.309 e. The van der Waals surface area contributed by atoms with Gasteiger partial charge < -0.3 is 9.47 Å². The van der Waals surface area contributed by atoms with Gasteiger partial charge >= 0.3 is 0 Å². The van der Waals surface area contributed by atoms with Crippen molar-refractivity contribution in [1.82, 2.24) is 4.57 Å². The van der Waals surface area contributed by atoms with E-state index in [1.165, 1.54) is 66.0 Å². The predicted molar refractivity (Wildman–Crippen MR) is 255 cm³/mol. The smallest absolute Gasteiger partial charge is 0.0562 e. The van der Waals surface area contributed by atoms with E-state index in [1.807, 2.05) is 0 Å². The number of para-hydroxylation sites is 2. The number of hydrogen-bond donors (Lipinski definition) is 0. The number of benzene rings is 10. The molecular weight excluding hydrogens is 725 g/mol. The summed E-state index contributed by atoms with van der Waals surface area (Å²) in [5.74, 6) is 0. The molecule has 0 aliphatic heterocycles. The summed E-state index contributed by atoms with van der Waals surface area (Å²) in [4.78, 5) is 2.47. The molecule has 1 aromatic heterocycles. The second kappa shape index (κ2) is 15.1. The highest BCUT2D eigenvalue weighted by Crippen LogP contribution is 2.48. The molecule has 1 heterocycles. The number of anilines is 3. The molecule has 282 valence electrons. The summed E-state index contributed by atoms with van der Waals surface area (Å²) in [7, 11) is 0. The Hall–Kier alpha value is -7.94. The zero-order valence-electron chi connectivity index (χ0n) is 33.0. The van der Waals surface area contributed by atoms with Gasteiger partial charge in [0.15, 0.2) is 0 Å². The van der Waals surface area contributed by atoms with E-state index in [0.717, 1.165) is 33.8 Å². The van der Waals surface area contributed by atoms with Gasteiger partial charge in [-0.25, -0.2) is 0 Å². The first kappa shape index (κ1) is 35.2. The maximum Gasteiger partial charge on any atom is 0.0562 e. The Bertz CT molecular complexity index is 3300. The average molecular weight is 765 g/mol. The predicted octanol–water partition coefficient (Wildman–Crippen LogP) is 16.1. The van der Waals surface area contributed by atoms with Crippen molar-refractivity contribution >= 4 is 49.6 Å². The van der Waals surface area contributed by atoms with E-state index in [2.05, 4.69) is 252 Å². The van der Waals surface area contributed by atoms with Crippen LogP contribution in [-0.2, 0) is 0 Å². The van der Waals surface area contributed by atoms with Gasteiger partial charge in [0.1, 0.15) is 0 Å². The van der Waals surface area contributed by atoms with Crippen LogP contribution in [0.15, 0.2) is 243 Å². The quantitative estimate of drug-likeness (QED) is 0.150. The number of nitrogens with zero attached hydrogens (tertiary/aromatic N) is 2. The third-order valence-corrected chi connectivity index (χ3v) is 11.8. The fraction of sp³-hybridized carbons (Fsp3) is 0. The molecular formula is C58H40N2. The minimum atomic E-state index is 1.08. The van der Waals surface area contributed by atoms with Crippen molar-refractivity contribution in [1.29, 1.82) is 0 Å². The van der Waals surface area contributed by atoms with Crippen LogP contribution < -0.4 is 4.90 Å². The summed E-state index contributed by atoms with van der Waals surface area (Å²) in [6, 6.07) is 87.9. The lowest BCUT2D eigenvalue weighted by atomic mass is 9.92. The molecule has 0 aliphatic carbocycles. The normalized spacial score (nSPS) is 11.3. The maximum atomic E-state index is 2.47. The number of fused-ring (bicyclic) bond motifs is 4. The molecule has 0 amide bonds. The second-order valence-electron chi connectivity index (χ2n) is 15.2. The van der Waals surface area contributed by atoms with E-state index in [0.29, 0.717) is 0 Å². The van der Waals surface area contributed by atoms with Gasteiger partial charge in [0.2, 0.25) is 0 Å². The Labute approximate surface area is 350 Å². The van der Waals surface area contributed by atoms with Crippen LogP contribution in [0.3, 0.4) is 0 Å². The van der Waals surface area contributed by atoms with E-state index in [-0.39, 0.29) is 0 Å². The summed E-state index contributed by atoms with van der Waals surface area (Å²) in [5.41, 5.74) is 16.4. The third-order valence-electron chi connectivity index (χ3n) is 11.8. The van der Waals surface area contributed by atoms with Crippen LogP contribution in [0.2, 0.25) is 0 Å². The minimum Gasteiger partial charge on any atom is -0.309 e. The molecule has 0 saturated heterocycles. The lowest BCUT2D eigenvalue weighted by Gasteiger charge is -2.29. The van der Waals surface area contributed by atoms with E-state index < -0.39 is 0 Å². The Morgan fingerprint density at radius 1 is 0.283 bits per heavy atom. The summed E-state index contributed by atoms with van der Waals surface area (Å²) in [6.07, 6.45) is 0. The molecule has 0 N–H and O–H groups in total.